The SMILES string of the molecule is CSCCC(O)CNC(=O)CCc1cccc(Cl)c1. The average Bonchev–Trinajstić information content (AvgIpc) is 2.40. The summed E-state index contributed by atoms with van der Waals surface area (Å²) >= 11 is 7.56. The van der Waals surface area contributed by atoms with E-state index < -0.39 is 6.10 Å². The molecule has 1 unspecified atom stereocenters. The van der Waals surface area contributed by atoms with Gasteiger partial charge in [-0.25, -0.2) is 0 Å². The minimum atomic E-state index is -0.456. The molecule has 1 atom stereocenters. The molecule has 1 aromatic carbocycles. The highest BCUT2D eigenvalue weighted by Gasteiger charge is 2.07. The summed E-state index contributed by atoms with van der Waals surface area (Å²) in [4.78, 5) is 11.6. The molecule has 2 N–H and O–H groups in total. The number of nitrogens with one attached hydrogen (secondary N) is 1. The Morgan fingerprint density at radius 2 is 2.32 bits per heavy atom. The molecule has 0 bridgehead atoms. The molecule has 5 heteroatoms. The second-order valence-electron chi connectivity index (χ2n) is 4.37. The Morgan fingerprint density at radius 3 is 3.00 bits per heavy atom. The average molecular weight is 302 g/mol. The molecule has 0 aromatic heterocycles. The molecule has 1 aromatic rings. The van der Waals surface area contributed by atoms with E-state index in [2.05, 4.69) is 5.32 Å². The van der Waals surface area contributed by atoms with Crippen molar-refractivity contribution in [3.8, 4) is 0 Å². The topological polar surface area (TPSA) is 49.3 Å². The van der Waals surface area contributed by atoms with Gasteiger partial charge in [0.2, 0.25) is 5.91 Å². The summed E-state index contributed by atoms with van der Waals surface area (Å²) in [5, 5.41) is 13.0. The van der Waals surface area contributed by atoms with Gasteiger partial charge in [0.15, 0.2) is 0 Å². The molecule has 0 aliphatic carbocycles. The molecule has 0 saturated heterocycles. The first-order valence-electron chi connectivity index (χ1n) is 6.30. The number of aryl methyl sites for hydroxylation is 1. The zero-order chi connectivity index (χ0) is 14.1. The van der Waals surface area contributed by atoms with E-state index in [0.29, 0.717) is 30.8 Å². The zero-order valence-electron chi connectivity index (χ0n) is 11.1. The maximum absolute atomic E-state index is 11.6. The number of benzene rings is 1. The van der Waals surface area contributed by atoms with Crippen molar-refractivity contribution >= 4 is 29.3 Å². The zero-order valence-corrected chi connectivity index (χ0v) is 12.6. The van der Waals surface area contributed by atoms with Crippen molar-refractivity contribution in [3.63, 3.8) is 0 Å². The Kier molecular flexibility index (Phi) is 7.94. The molecule has 0 radical (unpaired) electrons. The summed E-state index contributed by atoms with van der Waals surface area (Å²) in [6.45, 7) is 0.328. The summed E-state index contributed by atoms with van der Waals surface area (Å²) in [6, 6.07) is 7.50. The van der Waals surface area contributed by atoms with Gasteiger partial charge in [0.25, 0.3) is 0 Å². The van der Waals surface area contributed by atoms with Crippen LogP contribution in [0.3, 0.4) is 0 Å². The Bertz CT molecular complexity index is 401. The van der Waals surface area contributed by atoms with Crippen molar-refractivity contribution in [1.29, 1.82) is 0 Å². The Balaban J connectivity index is 2.21. The molecule has 19 heavy (non-hydrogen) atoms. The summed E-state index contributed by atoms with van der Waals surface area (Å²) in [5.74, 6) is 0.864. The lowest BCUT2D eigenvalue weighted by atomic mass is 10.1. The van der Waals surface area contributed by atoms with Gasteiger partial charge < -0.3 is 10.4 Å². The molecule has 106 valence electrons. The highest BCUT2D eigenvalue weighted by atomic mass is 35.5. The van der Waals surface area contributed by atoms with Crippen LogP contribution in [0.1, 0.15) is 18.4 Å². The smallest absolute Gasteiger partial charge is 0.220 e. The van der Waals surface area contributed by atoms with Gasteiger partial charge in [-0.2, -0.15) is 11.8 Å². The van der Waals surface area contributed by atoms with Crippen molar-refractivity contribution in [2.45, 2.75) is 25.4 Å². The van der Waals surface area contributed by atoms with E-state index in [1.54, 1.807) is 11.8 Å². The van der Waals surface area contributed by atoms with Crippen LogP contribution in [0.25, 0.3) is 0 Å². The van der Waals surface area contributed by atoms with Gasteiger partial charge in [-0.1, -0.05) is 23.7 Å². The van der Waals surface area contributed by atoms with Crippen LogP contribution in [0.2, 0.25) is 5.02 Å². The fourth-order valence-corrected chi connectivity index (χ4v) is 2.35. The Morgan fingerprint density at radius 1 is 1.53 bits per heavy atom. The molecule has 0 heterocycles. The molecule has 0 spiro atoms. The number of carbonyl (C=O) groups is 1. The second-order valence-corrected chi connectivity index (χ2v) is 5.79. The van der Waals surface area contributed by atoms with Gasteiger partial charge in [0.1, 0.15) is 0 Å². The van der Waals surface area contributed by atoms with Gasteiger partial charge in [-0.15, -0.1) is 0 Å². The van der Waals surface area contributed by atoms with E-state index >= 15 is 0 Å². The standard InChI is InChI=1S/C14H20ClNO2S/c1-19-8-7-13(17)10-16-14(18)6-5-11-3-2-4-12(15)9-11/h2-4,9,13,17H,5-8,10H2,1H3,(H,16,18). The third-order valence-corrected chi connectivity index (χ3v) is 3.60. The minimum absolute atomic E-state index is 0.0387. The fraction of sp³-hybridized carbons (Fsp3) is 0.500. The summed E-state index contributed by atoms with van der Waals surface area (Å²) < 4.78 is 0. The molecule has 0 saturated carbocycles. The van der Waals surface area contributed by atoms with Gasteiger partial charge in [-0.05, 0) is 42.5 Å². The fourth-order valence-electron chi connectivity index (χ4n) is 1.63. The highest BCUT2D eigenvalue weighted by Crippen LogP contribution is 2.12. The lowest BCUT2D eigenvalue weighted by molar-refractivity contribution is -0.121. The largest absolute Gasteiger partial charge is 0.391 e. The van der Waals surface area contributed by atoms with Crippen molar-refractivity contribution in [3.05, 3.63) is 34.9 Å². The molecule has 0 aliphatic rings. The number of thioether (sulfide) groups is 1. The quantitative estimate of drug-likeness (QED) is 0.775. The van der Waals surface area contributed by atoms with Crippen molar-refractivity contribution < 1.29 is 9.90 Å². The number of carbonyl (C=O) groups excluding carboxylic acids is 1. The Hall–Kier alpha value is -0.710. The number of rotatable bonds is 8. The molecule has 1 rings (SSSR count). The van der Waals surface area contributed by atoms with E-state index in [9.17, 15) is 9.90 Å². The van der Waals surface area contributed by atoms with E-state index in [-0.39, 0.29) is 5.91 Å². The van der Waals surface area contributed by atoms with Crippen LogP contribution < -0.4 is 5.32 Å². The molecule has 0 aliphatic heterocycles. The maximum Gasteiger partial charge on any atom is 0.220 e. The minimum Gasteiger partial charge on any atom is -0.391 e. The number of aliphatic hydroxyl groups is 1. The van der Waals surface area contributed by atoms with Gasteiger partial charge in [-0.3, -0.25) is 4.79 Å². The first-order chi connectivity index (χ1) is 9.11. The summed E-state index contributed by atoms with van der Waals surface area (Å²) in [5.41, 5.74) is 1.05. The first-order valence-corrected chi connectivity index (χ1v) is 8.07. The van der Waals surface area contributed by atoms with Crippen LogP contribution in [0.4, 0.5) is 0 Å². The van der Waals surface area contributed by atoms with Crippen LogP contribution in [0.15, 0.2) is 24.3 Å². The number of hydrogen-bond acceptors (Lipinski definition) is 3. The third kappa shape index (κ3) is 7.45. The summed E-state index contributed by atoms with van der Waals surface area (Å²) in [7, 11) is 0. The van der Waals surface area contributed by atoms with E-state index in [1.807, 2.05) is 30.5 Å². The molecule has 0 fully saturated rings. The van der Waals surface area contributed by atoms with Crippen LogP contribution in [0.5, 0.6) is 0 Å². The van der Waals surface area contributed by atoms with Crippen LogP contribution in [0, 0.1) is 0 Å². The first kappa shape index (κ1) is 16.3. The second kappa shape index (κ2) is 9.23. The van der Waals surface area contributed by atoms with Gasteiger partial charge in [0, 0.05) is 18.0 Å². The molecule has 3 nitrogen and oxygen atoms in total. The molecule has 1 amide bonds. The number of hydrogen-bond donors (Lipinski definition) is 2. The van der Waals surface area contributed by atoms with Crippen molar-refractivity contribution in [2.24, 2.45) is 0 Å². The van der Waals surface area contributed by atoms with Crippen LogP contribution >= 0.6 is 23.4 Å². The maximum atomic E-state index is 11.6. The lowest BCUT2D eigenvalue weighted by Gasteiger charge is -2.11. The van der Waals surface area contributed by atoms with Crippen molar-refractivity contribution in [1.82, 2.24) is 5.32 Å². The highest BCUT2D eigenvalue weighted by molar-refractivity contribution is 7.98. The number of amides is 1. The molecular formula is C14H20ClNO2S. The van der Waals surface area contributed by atoms with E-state index in [4.69, 9.17) is 11.6 Å². The predicted octanol–water partition coefficient (Wildman–Crippen LogP) is 2.50. The van der Waals surface area contributed by atoms with Gasteiger partial charge in [0.05, 0.1) is 6.10 Å². The number of aliphatic hydroxyl groups excluding tert-OH is 1. The normalized spacial score (nSPS) is 12.2. The van der Waals surface area contributed by atoms with Crippen LogP contribution in [-0.2, 0) is 11.2 Å². The lowest BCUT2D eigenvalue weighted by Crippen LogP contribution is -2.32. The van der Waals surface area contributed by atoms with Crippen LogP contribution in [-0.4, -0.2) is 35.7 Å². The van der Waals surface area contributed by atoms with E-state index in [0.717, 1.165) is 11.3 Å². The molecular weight excluding hydrogens is 282 g/mol. The van der Waals surface area contributed by atoms with E-state index in [1.165, 1.54) is 0 Å². The van der Waals surface area contributed by atoms with Gasteiger partial charge >= 0.3 is 0 Å². The number of halogens is 1. The predicted molar refractivity (Wildman–Crippen MR) is 81.8 cm³/mol. The summed E-state index contributed by atoms with van der Waals surface area (Å²) in [6.07, 6.45) is 3.32. The van der Waals surface area contributed by atoms with Crippen molar-refractivity contribution in [2.75, 3.05) is 18.6 Å². The Labute approximate surface area is 123 Å². The monoisotopic (exact) mass is 301 g/mol. The third-order valence-electron chi connectivity index (χ3n) is 2.72.